The molecule has 0 unspecified atom stereocenters. The molecule has 3 N–H and O–H groups in total. The molecular weight excluding hydrogens is 282 g/mol. The molecule has 118 valence electrons. The molecule has 6 nitrogen and oxygen atoms in total. The van der Waals surface area contributed by atoms with E-state index in [2.05, 4.69) is 31.1 Å². The van der Waals surface area contributed by atoms with Crippen molar-refractivity contribution in [3.8, 4) is 5.75 Å². The topological polar surface area (TPSA) is 90.4 Å². The molecule has 1 aromatic carbocycles. The Labute approximate surface area is 129 Å². The quantitative estimate of drug-likeness (QED) is 0.847. The Morgan fingerprint density at radius 3 is 2.68 bits per heavy atom. The summed E-state index contributed by atoms with van der Waals surface area (Å²) < 4.78 is 10.4. The summed E-state index contributed by atoms with van der Waals surface area (Å²) in [5.41, 5.74) is 7.70. The van der Waals surface area contributed by atoms with Crippen molar-refractivity contribution in [2.75, 3.05) is 12.8 Å². The first kappa shape index (κ1) is 15.9. The number of nitrogens with two attached hydrogens (primary N) is 1. The monoisotopic (exact) mass is 303 g/mol. The number of nitrogen functional groups attached to an aromatic ring is 1. The third kappa shape index (κ3) is 3.39. The van der Waals surface area contributed by atoms with Crippen molar-refractivity contribution >= 4 is 11.6 Å². The van der Waals surface area contributed by atoms with Gasteiger partial charge in [0.25, 0.3) is 5.91 Å². The van der Waals surface area contributed by atoms with Crippen molar-refractivity contribution in [1.82, 2.24) is 10.3 Å². The second-order valence-electron chi connectivity index (χ2n) is 6.00. The number of rotatable bonds is 4. The molecule has 2 aromatic rings. The number of oxazole rings is 1. The highest BCUT2D eigenvalue weighted by molar-refractivity contribution is 5.99. The lowest BCUT2D eigenvalue weighted by atomic mass is 9.85. The van der Waals surface area contributed by atoms with Gasteiger partial charge in [0.2, 0.25) is 5.89 Å². The Morgan fingerprint density at radius 2 is 2.14 bits per heavy atom. The Balaban J connectivity index is 2.31. The predicted molar refractivity (Wildman–Crippen MR) is 83.8 cm³/mol. The maximum atomic E-state index is 12.4. The van der Waals surface area contributed by atoms with E-state index in [1.165, 1.54) is 19.6 Å². The van der Waals surface area contributed by atoms with Crippen LogP contribution in [0.5, 0.6) is 5.75 Å². The average molecular weight is 303 g/mol. The number of ether oxygens (including phenoxy) is 1. The Kier molecular flexibility index (Phi) is 4.40. The summed E-state index contributed by atoms with van der Waals surface area (Å²) in [6.45, 7) is 6.38. The number of carbonyl (C=O) groups excluding carboxylic acids is 1. The van der Waals surface area contributed by atoms with Gasteiger partial charge in [0.05, 0.1) is 31.1 Å². The molecule has 22 heavy (non-hydrogen) atoms. The van der Waals surface area contributed by atoms with Gasteiger partial charge in [0.15, 0.2) is 5.75 Å². The fourth-order valence-electron chi connectivity index (χ4n) is 2.07. The summed E-state index contributed by atoms with van der Waals surface area (Å²) in [7, 11) is 1.49. The van der Waals surface area contributed by atoms with Gasteiger partial charge >= 0.3 is 0 Å². The zero-order valence-corrected chi connectivity index (χ0v) is 13.3. The van der Waals surface area contributed by atoms with Crippen molar-refractivity contribution < 1.29 is 13.9 Å². The van der Waals surface area contributed by atoms with Gasteiger partial charge in [0, 0.05) is 0 Å². The van der Waals surface area contributed by atoms with E-state index in [1.807, 2.05) is 6.07 Å². The molecule has 0 aliphatic carbocycles. The van der Waals surface area contributed by atoms with E-state index in [9.17, 15) is 4.79 Å². The SMILES string of the molecule is COc1c(N)cc(C(C)(C)C)cc1C(=O)NCc1ncco1. The molecule has 0 atom stereocenters. The minimum absolute atomic E-state index is 0.127. The zero-order chi connectivity index (χ0) is 16.3. The summed E-state index contributed by atoms with van der Waals surface area (Å²) in [5.74, 6) is 0.526. The molecule has 0 aliphatic rings. The van der Waals surface area contributed by atoms with Gasteiger partial charge in [-0.05, 0) is 23.1 Å². The van der Waals surface area contributed by atoms with Crippen molar-refractivity contribution in [2.24, 2.45) is 0 Å². The summed E-state index contributed by atoms with van der Waals surface area (Å²) in [6.07, 6.45) is 2.99. The highest BCUT2D eigenvalue weighted by Crippen LogP contribution is 2.33. The first-order valence-electron chi connectivity index (χ1n) is 6.97. The molecule has 6 heteroatoms. The molecule has 1 heterocycles. The van der Waals surface area contributed by atoms with Gasteiger partial charge in [-0.3, -0.25) is 4.79 Å². The van der Waals surface area contributed by atoms with Crippen LogP contribution in [-0.4, -0.2) is 18.0 Å². The molecule has 0 spiro atoms. The molecule has 0 radical (unpaired) electrons. The van der Waals surface area contributed by atoms with Crippen molar-refractivity contribution in [1.29, 1.82) is 0 Å². The van der Waals surface area contributed by atoms with E-state index in [0.29, 0.717) is 22.9 Å². The Hall–Kier alpha value is -2.50. The number of amides is 1. The lowest BCUT2D eigenvalue weighted by Gasteiger charge is -2.22. The van der Waals surface area contributed by atoms with Crippen LogP contribution < -0.4 is 15.8 Å². The van der Waals surface area contributed by atoms with Gasteiger partial charge < -0.3 is 20.2 Å². The fraction of sp³-hybridized carbons (Fsp3) is 0.375. The second-order valence-corrected chi connectivity index (χ2v) is 6.00. The van der Waals surface area contributed by atoms with Gasteiger partial charge in [-0.15, -0.1) is 0 Å². The van der Waals surface area contributed by atoms with Gasteiger partial charge in [-0.1, -0.05) is 20.8 Å². The van der Waals surface area contributed by atoms with Gasteiger partial charge in [0.1, 0.15) is 6.26 Å². The van der Waals surface area contributed by atoms with Crippen LogP contribution in [0.15, 0.2) is 29.0 Å². The fourth-order valence-corrected chi connectivity index (χ4v) is 2.07. The minimum atomic E-state index is -0.284. The van der Waals surface area contributed by atoms with Crippen LogP contribution in [0.4, 0.5) is 5.69 Å². The number of carbonyl (C=O) groups is 1. The molecule has 0 bridgehead atoms. The number of benzene rings is 1. The second kappa shape index (κ2) is 6.09. The standard InChI is InChI=1S/C16H21N3O3/c1-16(2,3)10-7-11(14(21-4)12(17)8-10)15(20)19-9-13-18-5-6-22-13/h5-8H,9,17H2,1-4H3,(H,19,20). The first-order valence-corrected chi connectivity index (χ1v) is 6.97. The van der Waals surface area contributed by atoms with E-state index in [-0.39, 0.29) is 17.9 Å². The molecular formula is C16H21N3O3. The molecule has 2 rings (SSSR count). The predicted octanol–water partition coefficient (Wildman–Crippen LogP) is 2.49. The third-order valence-electron chi connectivity index (χ3n) is 3.32. The summed E-state index contributed by atoms with van der Waals surface area (Å²) in [6, 6.07) is 3.64. The molecule has 1 aromatic heterocycles. The first-order chi connectivity index (χ1) is 10.3. The number of hydrogen-bond acceptors (Lipinski definition) is 5. The van der Waals surface area contributed by atoms with E-state index in [1.54, 1.807) is 6.07 Å². The molecule has 0 saturated heterocycles. The minimum Gasteiger partial charge on any atom is -0.494 e. The van der Waals surface area contributed by atoms with Gasteiger partial charge in [-0.2, -0.15) is 0 Å². The smallest absolute Gasteiger partial charge is 0.255 e. The summed E-state index contributed by atoms with van der Waals surface area (Å²) in [4.78, 5) is 16.4. The van der Waals surface area contributed by atoms with E-state index < -0.39 is 0 Å². The number of anilines is 1. The highest BCUT2D eigenvalue weighted by Gasteiger charge is 2.22. The van der Waals surface area contributed by atoms with Crippen LogP contribution in [0.3, 0.4) is 0 Å². The van der Waals surface area contributed by atoms with Crippen molar-refractivity contribution in [3.63, 3.8) is 0 Å². The van der Waals surface area contributed by atoms with Crippen molar-refractivity contribution in [3.05, 3.63) is 41.6 Å². The lowest BCUT2D eigenvalue weighted by molar-refractivity contribution is 0.0944. The average Bonchev–Trinajstić information content (AvgIpc) is 2.96. The molecule has 1 amide bonds. The summed E-state index contributed by atoms with van der Waals surface area (Å²) >= 11 is 0. The van der Waals surface area contributed by atoms with Crippen molar-refractivity contribution in [2.45, 2.75) is 32.7 Å². The Bertz CT molecular complexity index is 658. The number of methoxy groups -OCH3 is 1. The largest absolute Gasteiger partial charge is 0.494 e. The number of hydrogen-bond donors (Lipinski definition) is 2. The molecule has 0 saturated carbocycles. The van der Waals surface area contributed by atoms with E-state index in [4.69, 9.17) is 14.9 Å². The number of aromatic nitrogens is 1. The van der Waals surface area contributed by atoms with E-state index in [0.717, 1.165) is 5.56 Å². The van der Waals surface area contributed by atoms with Crippen LogP contribution in [0.1, 0.15) is 42.6 Å². The highest BCUT2D eigenvalue weighted by atomic mass is 16.5. The van der Waals surface area contributed by atoms with Crippen LogP contribution >= 0.6 is 0 Å². The van der Waals surface area contributed by atoms with Crippen LogP contribution in [0, 0.1) is 0 Å². The Morgan fingerprint density at radius 1 is 1.41 bits per heavy atom. The summed E-state index contributed by atoms with van der Waals surface area (Å²) in [5, 5.41) is 2.75. The normalized spacial score (nSPS) is 11.3. The maximum absolute atomic E-state index is 12.4. The van der Waals surface area contributed by atoms with Crippen LogP contribution in [-0.2, 0) is 12.0 Å². The maximum Gasteiger partial charge on any atom is 0.255 e. The number of nitrogens with one attached hydrogen (secondary N) is 1. The zero-order valence-electron chi connectivity index (χ0n) is 13.3. The van der Waals surface area contributed by atoms with Crippen LogP contribution in [0.25, 0.3) is 0 Å². The van der Waals surface area contributed by atoms with Gasteiger partial charge in [-0.25, -0.2) is 4.98 Å². The lowest BCUT2D eigenvalue weighted by Crippen LogP contribution is -2.25. The third-order valence-corrected chi connectivity index (χ3v) is 3.32. The number of nitrogens with zero attached hydrogens (tertiary/aromatic N) is 1. The van der Waals surface area contributed by atoms with E-state index >= 15 is 0 Å². The molecule has 0 aliphatic heterocycles. The van der Waals surface area contributed by atoms with Crippen LogP contribution in [0.2, 0.25) is 0 Å². The molecule has 0 fully saturated rings.